The molecule has 5 heteroatoms. The van der Waals surface area contributed by atoms with Gasteiger partial charge in [0.25, 0.3) is 0 Å². The van der Waals surface area contributed by atoms with Gasteiger partial charge in [0.1, 0.15) is 11.8 Å². The van der Waals surface area contributed by atoms with Crippen molar-refractivity contribution in [2.24, 2.45) is 28.9 Å². The fraction of sp³-hybridized carbons (Fsp3) is 0.619. The van der Waals surface area contributed by atoms with E-state index in [1.807, 2.05) is 24.3 Å². The molecule has 5 nitrogen and oxygen atoms in total. The lowest BCUT2D eigenvalue weighted by molar-refractivity contribution is -0.148. The number of hydrogen-bond acceptors (Lipinski definition) is 3. The van der Waals surface area contributed by atoms with Gasteiger partial charge in [-0.15, -0.1) is 0 Å². The van der Waals surface area contributed by atoms with Crippen LogP contribution in [0.5, 0.6) is 5.75 Å². The zero-order valence-corrected chi connectivity index (χ0v) is 15.4. The van der Waals surface area contributed by atoms with Crippen LogP contribution >= 0.6 is 0 Å². The molecule has 2 amide bonds. The largest absolute Gasteiger partial charge is 0.497 e. The number of ether oxygens (including phenoxy) is 1. The second kappa shape index (κ2) is 6.60. The van der Waals surface area contributed by atoms with Gasteiger partial charge in [-0.25, -0.2) is 0 Å². The summed E-state index contributed by atoms with van der Waals surface area (Å²) >= 11 is 0. The van der Waals surface area contributed by atoms with E-state index in [0.717, 1.165) is 30.6 Å². The van der Waals surface area contributed by atoms with E-state index in [2.05, 4.69) is 5.32 Å². The van der Waals surface area contributed by atoms with Crippen LogP contribution in [0.2, 0.25) is 0 Å². The summed E-state index contributed by atoms with van der Waals surface area (Å²) in [4.78, 5) is 25.1. The Morgan fingerprint density at radius 1 is 1.12 bits per heavy atom. The van der Waals surface area contributed by atoms with Gasteiger partial charge in [0.2, 0.25) is 11.8 Å². The van der Waals surface area contributed by atoms with Crippen LogP contribution in [0.15, 0.2) is 24.3 Å². The summed E-state index contributed by atoms with van der Waals surface area (Å²) in [6, 6.07) is 6.86. The molecule has 140 valence electrons. The average Bonchev–Trinajstić information content (AvgIpc) is 2.60. The minimum absolute atomic E-state index is 0.0499. The van der Waals surface area contributed by atoms with Crippen LogP contribution in [0.3, 0.4) is 0 Å². The van der Waals surface area contributed by atoms with Crippen LogP contribution in [0.25, 0.3) is 0 Å². The maximum atomic E-state index is 13.2. The Kier molecular flexibility index (Phi) is 4.41. The summed E-state index contributed by atoms with van der Waals surface area (Å²) in [5.41, 5.74) is 6.30. The molecule has 0 saturated heterocycles. The highest BCUT2D eigenvalue weighted by Gasteiger charge is 2.54. The third-order valence-corrected chi connectivity index (χ3v) is 6.77. The second-order valence-electron chi connectivity index (χ2n) is 8.68. The summed E-state index contributed by atoms with van der Waals surface area (Å²) in [7, 11) is 1.62. The van der Waals surface area contributed by atoms with Crippen LogP contribution in [-0.2, 0) is 16.0 Å². The Balaban J connectivity index is 1.46. The van der Waals surface area contributed by atoms with Crippen molar-refractivity contribution in [1.82, 2.24) is 5.32 Å². The van der Waals surface area contributed by atoms with E-state index in [9.17, 15) is 9.59 Å². The third-order valence-electron chi connectivity index (χ3n) is 6.77. The Morgan fingerprint density at radius 3 is 2.12 bits per heavy atom. The van der Waals surface area contributed by atoms with E-state index in [-0.39, 0.29) is 11.3 Å². The van der Waals surface area contributed by atoms with Gasteiger partial charge in [-0.1, -0.05) is 12.1 Å². The van der Waals surface area contributed by atoms with E-state index < -0.39 is 11.9 Å². The Morgan fingerprint density at radius 2 is 1.65 bits per heavy atom. The summed E-state index contributed by atoms with van der Waals surface area (Å²) in [6.45, 7) is 0. The molecule has 26 heavy (non-hydrogen) atoms. The molecular weight excluding hydrogens is 328 g/mol. The average molecular weight is 356 g/mol. The molecule has 0 radical (unpaired) electrons. The van der Waals surface area contributed by atoms with Crippen LogP contribution in [-0.4, -0.2) is 25.0 Å². The van der Waals surface area contributed by atoms with Gasteiger partial charge in [-0.05, 0) is 74.0 Å². The van der Waals surface area contributed by atoms with E-state index in [0.29, 0.717) is 24.2 Å². The highest BCUT2D eigenvalue weighted by atomic mass is 16.5. The van der Waals surface area contributed by atoms with Crippen molar-refractivity contribution < 1.29 is 14.3 Å². The van der Waals surface area contributed by atoms with Gasteiger partial charge >= 0.3 is 0 Å². The number of nitrogens with one attached hydrogen (secondary N) is 1. The number of rotatable bonds is 6. The molecule has 4 aliphatic rings. The maximum absolute atomic E-state index is 13.2. The second-order valence-corrected chi connectivity index (χ2v) is 8.68. The number of benzene rings is 1. The highest BCUT2D eigenvalue weighted by Crippen LogP contribution is 2.60. The van der Waals surface area contributed by atoms with E-state index >= 15 is 0 Å². The molecule has 0 heterocycles. The lowest BCUT2D eigenvalue weighted by Gasteiger charge is -2.55. The van der Waals surface area contributed by atoms with Gasteiger partial charge < -0.3 is 15.8 Å². The first kappa shape index (κ1) is 17.4. The van der Waals surface area contributed by atoms with Gasteiger partial charge in [0.15, 0.2) is 0 Å². The van der Waals surface area contributed by atoms with Crippen molar-refractivity contribution in [3.8, 4) is 5.75 Å². The standard InChI is InChI=1S/C21H28N2O3/c1-26-17-4-2-13(3-5-17)9-18(19(22)24)23-20(25)21-10-14-6-15(11-21)8-16(7-14)12-21/h2-5,14-16,18H,6-12H2,1H3,(H2,22,24)(H,23,25)/t14?,15?,16?,18-,21?/m0/s1. The molecule has 1 aromatic carbocycles. The topological polar surface area (TPSA) is 81.4 Å². The first-order valence-electron chi connectivity index (χ1n) is 9.70. The first-order chi connectivity index (χ1) is 12.5. The number of amides is 2. The molecule has 4 aliphatic carbocycles. The van der Waals surface area contributed by atoms with Crippen molar-refractivity contribution >= 4 is 11.8 Å². The molecular formula is C21H28N2O3. The van der Waals surface area contributed by atoms with Gasteiger partial charge in [0.05, 0.1) is 7.11 Å². The van der Waals surface area contributed by atoms with Crippen LogP contribution in [0.1, 0.15) is 44.1 Å². The molecule has 4 bridgehead atoms. The molecule has 3 N–H and O–H groups in total. The van der Waals surface area contributed by atoms with Gasteiger partial charge in [-0.3, -0.25) is 9.59 Å². The Labute approximate surface area is 154 Å². The molecule has 0 aromatic heterocycles. The summed E-state index contributed by atoms with van der Waals surface area (Å²) in [5.74, 6) is 2.43. The number of carbonyl (C=O) groups is 2. The van der Waals surface area contributed by atoms with Gasteiger partial charge in [0, 0.05) is 11.8 Å². The Hall–Kier alpha value is -2.04. The van der Waals surface area contributed by atoms with E-state index in [1.165, 1.54) is 19.3 Å². The third kappa shape index (κ3) is 3.19. The molecule has 5 rings (SSSR count). The predicted molar refractivity (Wildman–Crippen MR) is 98.4 cm³/mol. The fourth-order valence-corrected chi connectivity index (χ4v) is 5.92. The molecule has 4 saturated carbocycles. The predicted octanol–water partition coefficient (Wildman–Crippen LogP) is 2.42. The van der Waals surface area contributed by atoms with E-state index in [1.54, 1.807) is 7.11 Å². The summed E-state index contributed by atoms with van der Waals surface area (Å²) in [5, 5.41) is 3.01. The van der Waals surface area contributed by atoms with Crippen LogP contribution in [0.4, 0.5) is 0 Å². The number of methoxy groups -OCH3 is 1. The molecule has 4 fully saturated rings. The molecule has 1 aromatic rings. The first-order valence-corrected chi connectivity index (χ1v) is 9.70. The molecule has 0 unspecified atom stereocenters. The van der Waals surface area contributed by atoms with Crippen molar-refractivity contribution in [1.29, 1.82) is 0 Å². The van der Waals surface area contributed by atoms with Crippen LogP contribution < -0.4 is 15.8 Å². The van der Waals surface area contributed by atoms with Gasteiger partial charge in [-0.2, -0.15) is 0 Å². The number of primary amides is 1. The van der Waals surface area contributed by atoms with Crippen LogP contribution in [0, 0.1) is 23.2 Å². The molecule has 0 aliphatic heterocycles. The van der Waals surface area contributed by atoms with Crippen molar-refractivity contribution in [2.45, 2.75) is 51.0 Å². The maximum Gasteiger partial charge on any atom is 0.240 e. The number of carbonyl (C=O) groups excluding carboxylic acids is 2. The molecule has 1 atom stereocenters. The zero-order chi connectivity index (χ0) is 18.3. The van der Waals surface area contributed by atoms with Crippen molar-refractivity contribution in [3.63, 3.8) is 0 Å². The fourth-order valence-electron chi connectivity index (χ4n) is 5.92. The summed E-state index contributed by atoms with van der Waals surface area (Å²) in [6.07, 6.45) is 7.24. The monoisotopic (exact) mass is 356 g/mol. The minimum Gasteiger partial charge on any atom is -0.497 e. The quantitative estimate of drug-likeness (QED) is 0.821. The number of nitrogens with two attached hydrogens (primary N) is 1. The molecule has 0 spiro atoms. The SMILES string of the molecule is COc1ccc(C[C@H](NC(=O)C23CC4CC(CC(C4)C2)C3)C(N)=O)cc1. The van der Waals surface area contributed by atoms with Crippen molar-refractivity contribution in [2.75, 3.05) is 7.11 Å². The minimum atomic E-state index is -0.663. The van der Waals surface area contributed by atoms with E-state index in [4.69, 9.17) is 10.5 Å². The lowest BCUT2D eigenvalue weighted by Crippen LogP contribution is -2.57. The van der Waals surface area contributed by atoms with Crippen molar-refractivity contribution in [3.05, 3.63) is 29.8 Å². The normalized spacial score (nSPS) is 32.9. The zero-order valence-electron chi connectivity index (χ0n) is 15.4. The highest BCUT2D eigenvalue weighted by molar-refractivity contribution is 5.89. The summed E-state index contributed by atoms with van der Waals surface area (Å²) < 4.78 is 5.16. The lowest BCUT2D eigenvalue weighted by atomic mass is 9.49. The smallest absolute Gasteiger partial charge is 0.240 e. The number of hydrogen-bond donors (Lipinski definition) is 2. The Bertz CT molecular complexity index is 662.